The first kappa shape index (κ1) is 15.0. The number of rotatable bonds is 3. The molecule has 2 fully saturated rings. The zero-order valence-corrected chi connectivity index (χ0v) is 12.2. The number of carboxylic acids is 1. The van der Waals surface area contributed by atoms with Crippen LogP contribution in [-0.2, 0) is 14.4 Å². The SMILES string of the molecule is CC(C)N1C(=O)CC(N2CCC(C(=O)O)CC2C)C1=O. The van der Waals surface area contributed by atoms with Crippen molar-refractivity contribution < 1.29 is 19.5 Å². The molecule has 3 atom stereocenters. The Morgan fingerprint density at radius 3 is 2.45 bits per heavy atom. The Hall–Kier alpha value is -1.43. The van der Waals surface area contributed by atoms with E-state index in [4.69, 9.17) is 5.11 Å². The van der Waals surface area contributed by atoms with Gasteiger partial charge in [0.2, 0.25) is 11.8 Å². The van der Waals surface area contributed by atoms with Crippen LogP contribution < -0.4 is 0 Å². The number of carbonyl (C=O) groups is 3. The summed E-state index contributed by atoms with van der Waals surface area (Å²) in [6.45, 7) is 6.16. The molecule has 2 saturated heterocycles. The molecule has 0 radical (unpaired) electrons. The van der Waals surface area contributed by atoms with Crippen molar-refractivity contribution in [2.45, 2.75) is 58.2 Å². The van der Waals surface area contributed by atoms with E-state index < -0.39 is 12.0 Å². The van der Waals surface area contributed by atoms with E-state index in [9.17, 15) is 14.4 Å². The third-order valence-electron chi connectivity index (χ3n) is 4.35. The molecule has 2 aliphatic heterocycles. The second-order valence-corrected chi connectivity index (χ2v) is 6.06. The Morgan fingerprint density at radius 1 is 1.35 bits per heavy atom. The van der Waals surface area contributed by atoms with Crippen molar-refractivity contribution in [3.05, 3.63) is 0 Å². The number of piperidine rings is 1. The summed E-state index contributed by atoms with van der Waals surface area (Å²) in [5.41, 5.74) is 0. The normalized spacial score (nSPS) is 32.2. The predicted octanol–water partition coefficient (Wildman–Crippen LogP) is 0.707. The largest absolute Gasteiger partial charge is 0.481 e. The number of amides is 2. The lowest BCUT2D eigenvalue weighted by molar-refractivity contribution is -0.145. The van der Waals surface area contributed by atoms with Gasteiger partial charge in [-0.3, -0.25) is 24.2 Å². The number of imide groups is 1. The van der Waals surface area contributed by atoms with Crippen LogP contribution in [0.1, 0.15) is 40.0 Å². The molecule has 0 aliphatic carbocycles. The average molecular weight is 282 g/mol. The van der Waals surface area contributed by atoms with E-state index in [1.165, 1.54) is 4.90 Å². The standard InChI is InChI=1S/C14H22N2O4/c1-8(2)16-12(17)7-11(13(16)18)15-5-4-10(14(19)20)6-9(15)3/h8-11H,4-7H2,1-3H3,(H,19,20). The molecule has 3 unspecified atom stereocenters. The van der Waals surface area contributed by atoms with Crippen molar-refractivity contribution in [1.29, 1.82) is 0 Å². The van der Waals surface area contributed by atoms with Gasteiger partial charge in [-0.05, 0) is 33.6 Å². The molecule has 0 bridgehead atoms. The first-order chi connectivity index (χ1) is 9.32. The van der Waals surface area contributed by atoms with Gasteiger partial charge >= 0.3 is 5.97 Å². The summed E-state index contributed by atoms with van der Waals surface area (Å²) in [5.74, 6) is -1.36. The van der Waals surface area contributed by atoms with Gasteiger partial charge in [0.25, 0.3) is 0 Å². The first-order valence-electron chi connectivity index (χ1n) is 7.17. The number of carboxylic acid groups (broad SMARTS) is 1. The summed E-state index contributed by atoms with van der Waals surface area (Å²) in [6.07, 6.45) is 1.30. The van der Waals surface area contributed by atoms with Gasteiger partial charge in [-0.2, -0.15) is 0 Å². The van der Waals surface area contributed by atoms with E-state index >= 15 is 0 Å². The van der Waals surface area contributed by atoms with Gasteiger partial charge in [-0.25, -0.2) is 0 Å². The summed E-state index contributed by atoms with van der Waals surface area (Å²) >= 11 is 0. The summed E-state index contributed by atoms with van der Waals surface area (Å²) in [7, 11) is 0. The van der Waals surface area contributed by atoms with Crippen LogP contribution in [0.2, 0.25) is 0 Å². The fraction of sp³-hybridized carbons (Fsp3) is 0.786. The van der Waals surface area contributed by atoms with Crippen molar-refractivity contribution >= 4 is 17.8 Å². The number of carbonyl (C=O) groups excluding carboxylic acids is 2. The van der Waals surface area contributed by atoms with Gasteiger partial charge in [-0.1, -0.05) is 0 Å². The molecule has 0 aromatic heterocycles. The highest BCUT2D eigenvalue weighted by molar-refractivity contribution is 6.05. The highest BCUT2D eigenvalue weighted by Crippen LogP contribution is 2.29. The van der Waals surface area contributed by atoms with Crippen LogP contribution in [0.4, 0.5) is 0 Å². The molecule has 2 amide bonds. The Balaban J connectivity index is 2.08. The molecule has 0 aromatic rings. The van der Waals surface area contributed by atoms with Gasteiger partial charge in [0, 0.05) is 18.6 Å². The van der Waals surface area contributed by atoms with Crippen LogP contribution in [0.5, 0.6) is 0 Å². The van der Waals surface area contributed by atoms with Gasteiger partial charge in [0.1, 0.15) is 0 Å². The zero-order valence-electron chi connectivity index (χ0n) is 12.2. The maximum Gasteiger partial charge on any atom is 0.306 e. The molecular weight excluding hydrogens is 260 g/mol. The fourth-order valence-electron chi connectivity index (χ4n) is 3.31. The molecule has 0 aromatic carbocycles. The van der Waals surface area contributed by atoms with Gasteiger partial charge in [0.15, 0.2) is 0 Å². The first-order valence-corrected chi connectivity index (χ1v) is 7.17. The molecule has 0 spiro atoms. The van der Waals surface area contributed by atoms with E-state index in [0.29, 0.717) is 19.4 Å². The summed E-state index contributed by atoms with van der Waals surface area (Å²) in [5, 5.41) is 9.07. The molecular formula is C14H22N2O4. The smallest absolute Gasteiger partial charge is 0.306 e. The van der Waals surface area contributed by atoms with E-state index in [1.807, 2.05) is 25.7 Å². The average Bonchev–Trinajstić information content (AvgIpc) is 2.64. The lowest BCUT2D eigenvalue weighted by Gasteiger charge is -2.39. The zero-order chi connectivity index (χ0) is 15.0. The Labute approximate surface area is 118 Å². The Bertz CT molecular complexity index is 435. The second kappa shape index (κ2) is 5.52. The summed E-state index contributed by atoms with van der Waals surface area (Å²) in [6, 6.07) is -0.514. The molecule has 20 heavy (non-hydrogen) atoms. The molecule has 2 rings (SSSR count). The minimum Gasteiger partial charge on any atom is -0.481 e. The van der Waals surface area contributed by atoms with E-state index in [-0.39, 0.29) is 36.2 Å². The maximum absolute atomic E-state index is 12.4. The minimum atomic E-state index is -0.769. The van der Waals surface area contributed by atoms with Crippen molar-refractivity contribution in [2.75, 3.05) is 6.54 Å². The highest BCUT2D eigenvalue weighted by atomic mass is 16.4. The number of likely N-dealkylation sites (tertiary alicyclic amines) is 2. The summed E-state index contributed by atoms with van der Waals surface area (Å²) < 4.78 is 0. The van der Waals surface area contributed by atoms with Gasteiger partial charge < -0.3 is 5.11 Å². The quantitative estimate of drug-likeness (QED) is 0.771. The number of hydrogen-bond acceptors (Lipinski definition) is 4. The van der Waals surface area contributed by atoms with Crippen molar-refractivity contribution in [2.24, 2.45) is 5.92 Å². The van der Waals surface area contributed by atoms with Crippen LogP contribution in [0.25, 0.3) is 0 Å². The third-order valence-corrected chi connectivity index (χ3v) is 4.35. The van der Waals surface area contributed by atoms with E-state index in [2.05, 4.69) is 0 Å². The topological polar surface area (TPSA) is 77.9 Å². The van der Waals surface area contributed by atoms with Crippen molar-refractivity contribution in [3.63, 3.8) is 0 Å². The van der Waals surface area contributed by atoms with Crippen LogP contribution in [0.3, 0.4) is 0 Å². The monoisotopic (exact) mass is 282 g/mol. The third kappa shape index (κ3) is 2.57. The van der Waals surface area contributed by atoms with Crippen LogP contribution in [0, 0.1) is 5.92 Å². The van der Waals surface area contributed by atoms with Gasteiger partial charge in [-0.15, -0.1) is 0 Å². The lowest BCUT2D eigenvalue weighted by Crippen LogP contribution is -2.51. The fourth-order valence-corrected chi connectivity index (χ4v) is 3.31. The molecule has 2 aliphatic rings. The van der Waals surface area contributed by atoms with Crippen LogP contribution >= 0.6 is 0 Å². The van der Waals surface area contributed by atoms with Crippen LogP contribution in [0.15, 0.2) is 0 Å². The summed E-state index contributed by atoms with van der Waals surface area (Å²) in [4.78, 5) is 38.7. The molecule has 2 heterocycles. The maximum atomic E-state index is 12.4. The number of aliphatic carboxylic acids is 1. The minimum absolute atomic E-state index is 0.0127. The lowest BCUT2D eigenvalue weighted by atomic mass is 9.90. The van der Waals surface area contributed by atoms with Gasteiger partial charge in [0.05, 0.1) is 18.4 Å². The predicted molar refractivity (Wildman–Crippen MR) is 71.9 cm³/mol. The number of hydrogen-bond donors (Lipinski definition) is 1. The molecule has 6 heteroatoms. The second-order valence-electron chi connectivity index (χ2n) is 6.06. The van der Waals surface area contributed by atoms with E-state index in [1.54, 1.807) is 0 Å². The van der Waals surface area contributed by atoms with Crippen molar-refractivity contribution in [3.8, 4) is 0 Å². The Kier molecular flexibility index (Phi) is 4.13. The molecule has 0 saturated carbocycles. The van der Waals surface area contributed by atoms with Crippen molar-refractivity contribution in [1.82, 2.24) is 9.80 Å². The van der Waals surface area contributed by atoms with E-state index in [0.717, 1.165) is 0 Å². The van der Waals surface area contributed by atoms with Crippen LogP contribution in [-0.4, -0.2) is 57.4 Å². The number of nitrogens with zero attached hydrogens (tertiary/aromatic N) is 2. The molecule has 1 N–H and O–H groups in total. The molecule has 6 nitrogen and oxygen atoms in total. The molecule has 112 valence electrons. The Morgan fingerprint density at radius 2 is 2.00 bits per heavy atom. The highest BCUT2D eigenvalue weighted by Gasteiger charge is 2.45.